The summed E-state index contributed by atoms with van der Waals surface area (Å²) in [5, 5.41) is 17.7. The third-order valence-corrected chi connectivity index (χ3v) is 1.11. The van der Waals surface area contributed by atoms with E-state index in [1.54, 1.807) is 0 Å². The molecule has 2 N–H and O–H groups in total. The van der Waals surface area contributed by atoms with Gasteiger partial charge in [-0.15, -0.1) is 0 Å². The van der Waals surface area contributed by atoms with Crippen molar-refractivity contribution in [3.05, 3.63) is 35.3 Å². The Kier molecular flexibility index (Phi) is 1.52. The number of carbonyl (C=O) groups excluding carboxylic acids is 1. The van der Waals surface area contributed by atoms with Crippen LogP contribution in [0, 0.1) is 6.08 Å². The molecule has 0 bridgehead atoms. The lowest BCUT2D eigenvalue weighted by Gasteiger charge is -1.91. The van der Waals surface area contributed by atoms with Gasteiger partial charge in [0.1, 0.15) is 6.08 Å². The summed E-state index contributed by atoms with van der Waals surface area (Å²) in [7, 11) is 0. The quantitative estimate of drug-likeness (QED) is 0.415. The fourth-order valence-electron chi connectivity index (χ4n) is 0.605. The first kappa shape index (κ1) is 6.52. The largest absolute Gasteiger partial charge is 0.487 e. The number of carbonyl (C=O) groups is 1. The lowest BCUT2D eigenvalue weighted by molar-refractivity contribution is -0.105. The van der Waals surface area contributed by atoms with Gasteiger partial charge in [-0.05, 0) is 0 Å². The van der Waals surface area contributed by atoms with Gasteiger partial charge in [-0.3, -0.25) is 4.79 Å². The summed E-state index contributed by atoms with van der Waals surface area (Å²) in [4.78, 5) is 10.1. The lowest BCUT2D eigenvalue weighted by atomic mass is 10.1. The summed E-state index contributed by atoms with van der Waals surface area (Å²) in [6.07, 6.45) is 5.34. The number of aldehydes is 1. The van der Waals surface area contributed by atoms with Crippen molar-refractivity contribution in [1.29, 1.82) is 0 Å². The zero-order chi connectivity index (χ0) is 7.56. The Morgan fingerprint density at radius 3 is 2.60 bits per heavy atom. The summed E-state index contributed by atoms with van der Waals surface area (Å²) in [6.45, 7) is 0. The van der Waals surface area contributed by atoms with Gasteiger partial charge in [0, 0.05) is 0 Å². The highest BCUT2D eigenvalue weighted by Gasteiger charge is 2.20. The van der Waals surface area contributed by atoms with Crippen LogP contribution in [0.25, 0.3) is 0 Å². The zero-order valence-corrected chi connectivity index (χ0v) is 5.03. The maximum atomic E-state index is 10.1. The highest BCUT2D eigenvalue weighted by Crippen LogP contribution is 2.13. The van der Waals surface area contributed by atoms with E-state index in [0.29, 0.717) is 6.29 Å². The van der Waals surface area contributed by atoms with Crippen LogP contribution in [0.1, 0.15) is 0 Å². The fraction of sp³-hybridized carbons (Fsp3) is 0. The van der Waals surface area contributed by atoms with Gasteiger partial charge >= 0.3 is 5.76 Å². The number of allylic oxidation sites excluding steroid dienone is 4. The minimum atomic E-state index is -0.324. The highest BCUT2D eigenvalue weighted by molar-refractivity contribution is 5.81. The molecule has 0 aromatic heterocycles. The molecule has 1 rings (SSSR count). The first-order valence-electron chi connectivity index (χ1n) is 2.63. The van der Waals surface area contributed by atoms with Crippen LogP contribution in [0.2, 0.25) is 0 Å². The van der Waals surface area contributed by atoms with Gasteiger partial charge in [-0.25, -0.2) is 0 Å². The van der Waals surface area contributed by atoms with Gasteiger partial charge in [-0.2, -0.15) is 0 Å². The monoisotopic (exact) mass is 137 g/mol. The average Bonchev–Trinajstić information content (AvgIpc) is 1.88. The molecule has 0 heterocycles. The standard InChI is InChI=1S/C7H4O3/c8-4-5-6(9)2-1-3-7(5)10/h1-2,4H,(H-,8,9,10)/p+1. The Morgan fingerprint density at radius 1 is 1.50 bits per heavy atom. The van der Waals surface area contributed by atoms with E-state index in [-0.39, 0.29) is 17.1 Å². The van der Waals surface area contributed by atoms with Crippen LogP contribution in [-0.4, -0.2) is 16.5 Å². The van der Waals surface area contributed by atoms with E-state index in [0.717, 1.165) is 0 Å². The second-order valence-corrected chi connectivity index (χ2v) is 1.74. The number of aliphatic hydroxyl groups excluding tert-OH is 2. The van der Waals surface area contributed by atoms with Crippen LogP contribution in [0.5, 0.6) is 0 Å². The topological polar surface area (TPSA) is 57.5 Å². The summed E-state index contributed by atoms with van der Waals surface area (Å²) in [5.41, 5.74) is -0.123. The van der Waals surface area contributed by atoms with Crippen molar-refractivity contribution in [2.75, 3.05) is 0 Å². The molecule has 0 aliphatic heterocycles. The average molecular weight is 137 g/mol. The van der Waals surface area contributed by atoms with Crippen molar-refractivity contribution >= 4 is 6.29 Å². The summed E-state index contributed by atoms with van der Waals surface area (Å²) < 4.78 is 0. The molecule has 3 nitrogen and oxygen atoms in total. The molecule has 0 radical (unpaired) electrons. The Hall–Kier alpha value is -1.60. The molecule has 3 heteroatoms. The van der Waals surface area contributed by atoms with E-state index in [1.165, 1.54) is 12.2 Å². The van der Waals surface area contributed by atoms with Crippen molar-refractivity contribution in [1.82, 2.24) is 0 Å². The summed E-state index contributed by atoms with van der Waals surface area (Å²) in [5.74, 6) is -0.554. The number of aliphatic hydroxyl groups is 2. The molecule has 0 unspecified atom stereocenters. The van der Waals surface area contributed by atoms with E-state index in [2.05, 4.69) is 6.08 Å². The van der Waals surface area contributed by atoms with Crippen LogP contribution in [-0.2, 0) is 4.79 Å². The van der Waals surface area contributed by atoms with Gasteiger partial charge in [0.05, 0.1) is 12.2 Å². The van der Waals surface area contributed by atoms with Gasteiger partial charge in [0.25, 0.3) is 0 Å². The van der Waals surface area contributed by atoms with Crippen LogP contribution in [0.4, 0.5) is 0 Å². The van der Waals surface area contributed by atoms with E-state index in [4.69, 9.17) is 10.2 Å². The van der Waals surface area contributed by atoms with Crippen molar-refractivity contribution in [2.24, 2.45) is 0 Å². The second-order valence-electron chi connectivity index (χ2n) is 1.74. The molecule has 0 fully saturated rings. The van der Waals surface area contributed by atoms with Gasteiger partial charge in [0.15, 0.2) is 0 Å². The molecule has 50 valence electrons. The van der Waals surface area contributed by atoms with Crippen molar-refractivity contribution in [3.8, 4) is 0 Å². The number of rotatable bonds is 1. The maximum absolute atomic E-state index is 10.1. The summed E-state index contributed by atoms with van der Waals surface area (Å²) >= 11 is 0. The molecule has 0 spiro atoms. The molecule has 0 saturated carbocycles. The Labute approximate surface area is 57.6 Å². The number of hydrogen-bond acceptors (Lipinski definition) is 3. The van der Waals surface area contributed by atoms with Crippen molar-refractivity contribution in [3.63, 3.8) is 0 Å². The second kappa shape index (κ2) is 2.33. The van der Waals surface area contributed by atoms with Crippen molar-refractivity contribution in [2.45, 2.75) is 0 Å². The predicted octanol–water partition coefficient (Wildman–Crippen LogP) is 0.812. The van der Waals surface area contributed by atoms with E-state index in [1.807, 2.05) is 0 Å². The normalized spacial score (nSPS) is 16.2. The molecule has 1 aliphatic carbocycles. The third-order valence-electron chi connectivity index (χ3n) is 1.11. The lowest BCUT2D eigenvalue weighted by Crippen LogP contribution is -1.98. The molecule has 0 aromatic rings. The molecule has 1 aliphatic rings. The molecule has 0 amide bonds. The smallest absolute Gasteiger partial charge is 0.302 e. The Morgan fingerprint density at radius 2 is 2.20 bits per heavy atom. The van der Waals surface area contributed by atoms with Gasteiger partial charge in [0.2, 0.25) is 17.6 Å². The Balaban J connectivity index is 3.13. The van der Waals surface area contributed by atoms with Gasteiger partial charge < -0.3 is 10.2 Å². The van der Waals surface area contributed by atoms with E-state index >= 15 is 0 Å². The van der Waals surface area contributed by atoms with E-state index < -0.39 is 0 Å². The molecule has 0 atom stereocenters. The minimum Gasteiger partial charge on any atom is -0.487 e. The SMILES string of the molecule is O=CC1=C(O)C=C[C+]=C1O. The van der Waals surface area contributed by atoms with Crippen LogP contribution < -0.4 is 0 Å². The van der Waals surface area contributed by atoms with Crippen LogP contribution in [0.15, 0.2) is 29.2 Å². The first-order chi connectivity index (χ1) is 4.75. The molecule has 0 saturated heterocycles. The zero-order valence-electron chi connectivity index (χ0n) is 5.03. The number of hydrogen-bond donors (Lipinski definition) is 2. The predicted molar refractivity (Wildman–Crippen MR) is 34.2 cm³/mol. The highest BCUT2D eigenvalue weighted by atomic mass is 16.3. The molecule has 10 heavy (non-hydrogen) atoms. The maximum Gasteiger partial charge on any atom is 0.302 e. The molecular weight excluding hydrogens is 132 g/mol. The first-order valence-corrected chi connectivity index (χ1v) is 2.63. The van der Waals surface area contributed by atoms with Gasteiger partial charge in [-0.1, -0.05) is 0 Å². The van der Waals surface area contributed by atoms with E-state index in [9.17, 15) is 4.79 Å². The van der Waals surface area contributed by atoms with Crippen molar-refractivity contribution < 1.29 is 15.0 Å². The molecule has 0 aromatic carbocycles. The summed E-state index contributed by atoms with van der Waals surface area (Å²) in [6, 6.07) is 0. The van der Waals surface area contributed by atoms with Crippen LogP contribution >= 0.6 is 0 Å². The molecular formula is C7H5O3+. The fourth-order valence-corrected chi connectivity index (χ4v) is 0.605. The third kappa shape index (κ3) is 0.900. The minimum absolute atomic E-state index is 0.123. The van der Waals surface area contributed by atoms with Crippen LogP contribution in [0.3, 0.4) is 0 Å². The Bertz CT molecular complexity index is 246.